The molecule has 2 unspecified atom stereocenters. The minimum Gasteiger partial charge on any atom is -0.466 e. The number of aromatic nitrogens is 6. The van der Waals surface area contributed by atoms with E-state index >= 15 is 0 Å². The summed E-state index contributed by atoms with van der Waals surface area (Å²) >= 11 is 6.09. The van der Waals surface area contributed by atoms with Gasteiger partial charge in [0.2, 0.25) is 0 Å². The highest BCUT2D eigenvalue weighted by Gasteiger charge is 2.58. The smallest absolute Gasteiger partial charge is 0.330 e. The van der Waals surface area contributed by atoms with E-state index in [9.17, 15) is 14.4 Å². The average molecular weight is 583 g/mol. The van der Waals surface area contributed by atoms with Crippen LogP contribution in [0.15, 0.2) is 33.9 Å². The number of ether oxygens (including phenoxy) is 1. The van der Waals surface area contributed by atoms with Crippen molar-refractivity contribution in [3.05, 3.63) is 56.1 Å². The predicted molar refractivity (Wildman–Crippen MR) is 159 cm³/mol. The number of fused-ring (bicyclic) bond motifs is 2. The fraction of sp³-hybridized carbons (Fsp3) is 0.567. The van der Waals surface area contributed by atoms with Crippen LogP contribution in [0.25, 0.3) is 22.3 Å². The molecular formula is C30H39ClN6O4. The van der Waals surface area contributed by atoms with Crippen LogP contribution in [-0.4, -0.2) is 40.8 Å². The topological polar surface area (TPSA) is 106 Å². The molecule has 1 saturated carbocycles. The Labute approximate surface area is 243 Å². The molecule has 0 amide bonds. The first kappa shape index (κ1) is 29.1. The number of carbonyl (C=O) groups excluding carboxylic acids is 1. The highest BCUT2D eigenvalue weighted by Crippen LogP contribution is 2.58. The number of aryl methyl sites for hydroxylation is 2. The first-order valence-electron chi connectivity index (χ1n) is 14.1. The summed E-state index contributed by atoms with van der Waals surface area (Å²) in [5.41, 5.74) is 2.74. The Bertz CT molecular complexity index is 1770. The molecule has 220 valence electrons. The van der Waals surface area contributed by atoms with Crippen molar-refractivity contribution in [1.29, 1.82) is 0 Å². The van der Waals surface area contributed by atoms with Gasteiger partial charge in [-0.15, -0.1) is 0 Å². The number of carbonyl (C=O) groups is 1. The summed E-state index contributed by atoms with van der Waals surface area (Å²) in [7, 11) is 3.43. The average Bonchev–Trinajstić information content (AvgIpc) is 3.48. The molecule has 0 N–H and O–H groups in total. The van der Waals surface area contributed by atoms with Crippen LogP contribution in [0, 0.1) is 22.7 Å². The zero-order valence-electron chi connectivity index (χ0n) is 25.1. The van der Waals surface area contributed by atoms with Gasteiger partial charge >= 0.3 is 17.3 Å². The fourth-order valence-corrected chi connectivity index (χ4v) is 6.37. The van der Waals surface area contributed by atoms with Crippen molar-refractivity contribution in [1.82, 2.24) is 28.2 Å². The summed E-state index contributed by atoms with van der Waals surface area (Å²) < 4.78 is 12.0. The Morgan fingerprint density at radius 3 is 2.05 bits per heavy atom. The van der Waals surface area contributed by atoms with E-state index in [1.807, 2.05) is 18.2 Å². The molecule has 4 aromatic heterocycles. The van der Waals surface area contributed by atoms with Gasteiger partial charge in [-0.3, -0.25) is 23.1 Å². The molecule has 11 heteroatoms. The van der Waals surface area contributed by atoms with Crippen LogP contribution in [0.2, 0.25) is 5.15 Å². The summed E-state index contributed by atoms with van der Waals surface area (Å²) in [6.07, 6.45) is 0.675. The van der Waals surface area contributed by atoms with Crippen molar-refractivity contribution in [3.8, 4) is 0 Å². The lowest BCUT2D eigenvalue weighted by molar-refractivity contribution is -0.145. The largest absolute Gasteiger partial charge is 0.466 e. The molecule has 0 saturated heterocycles. The molecule has 0 spiro atoms. The summed E-state index contributed by atoms with van der Waals surface area (Å²) in [5, 5.41) is 0.332. The zero-order valence-corrected chi connectivity index (χ0v) is 25.8. The minimum absolute atomic E-state index is 0.0130. The van der Waals surface area contributed by atoms with Crippen LogP contribution in [-0.2, 0) is 36.7 Å². The van der Waals surface area contributed by atoms with Gasteiger partial charge in [0.25, 0.3) is 0 Å². The van der Waals surface area contributed by atoms with Crippen molar-refractivity contribution < 1.29 is 9.53 Å². The standard InChI is InChI=1S/C30H39ClN6O4/c1-9-41-26(38)23-17(14-30(5,6)16-37-20-12-13-21(31)33-25(20)35(8)28(37)40)22(23)18-10-11-19-24(32-18)34(7)27(39)36(19)15-29(2,3)4/h10-13,17,22-23H,9,14-16H2,1-8H3/t17?,22?,23-/m1/s1. The first-order chi connectivity index (χ1) is 19.1. The first-order valence-corrected chi connectivity index (χ1v) is 14.5. The van der Waals surface area contributed by atoms with E-state index in [2.05, 4.69) is 39.6 Å². The van der Waals surface area contributed by atoms with E-state index in [1.165, 1.54) is 4.57 Å². The van der Waals surface area contributed by atoms with Crippen molar-refractivity contribution in [2.45, 2.75) is 67.0 Å². The molecular weight excluding hydrogens is 544 g/mol. The van der Waals surface area contributed by atoms with Gasteiger partial charge in [-0.25, -0.2) is 19.6 Å². The highest BCUT2D eigenvalue weighted by molar-refractivity contribution is 6.29. The molecule has 4 aromatic rings. The van der Waals surface area contributed by atoms with Gasteiger partial charge in [0, 0.05) is 38.8 Å². The Kier molecular flexibility index (Phi) is 7.21. The number of pyridine rings is 2. The maximum Gasteiger partial charge on any atom is 0.330 e. The number of nitrogens with zero attached hydrogens (tertiary/aromatic N) is 6. The molecule has 4 heterocycles. The predicted octanol–water partition coefficient (Wildman–Crippen LogP) is 4.49. The normalized spacial score (nSPS) is 19.3. The summed E-state index contributed by atoms with van der Waals surface area (Å²) in [6.45, 7) is 13.6. The van der Waals surface area contributed by atoms with Gasteiger partial charge in [-0.05, 0) is 54.4 Å². The molecule has 1 aliphatic carbocycles. The van der Waals surface area contributed by atoms with Crippen LogP contribution in [0.5, 0.6) is 0 Å². The summed E-state index contributed by atoms with van der Waals surface area (Å²) in [4.78, 5) is 48.5. The lowest BCUT2D eigenvalue weighted by atomic mass is 9.85. The maximum absolute atomic E-state index is 13.1. The lowest BCUT2D eigenvalue weighted by Gasteiger charge is -2.25. The van der Waals surface area contributed by atoms with Crippen molar-refractivity contribution in [3.63, 3.8) is 0 Å². The summed E-state index contributed by atoms with van der Waals surface area (Å²) in [5.74, 6) is -0.720. The van der Waals surface area contributed by atoms with Crippen LogP contribution in [0.3, 0.4) is 0 Å². The van der Waals surface area contributed by atoms with Gasteiger partial charge in [0.05, 0.1) is 23.6 Å². The Balaban J connectivity index is 1.47. The van der Waals surface area contributed by atoms with Crippen LogP contribution >= 0.6 is 11.6 Å². The fourth-order valence-electron chi connectivity index (χ4n) is 6.23. The number of hydrogen-bond acceptors (Lipinski definition) is 6. The third kappa shape index (κ3) is 5.34. The van der Waals surface area contributed by atoms with Gasteiger partial charge in [-0.2, -0.15) is 0 Å². The van der Waals surface area contributed by atoms with Crippen molar-refractivity contribution in [2.24, 2.45) is 36.8 Å². The molecule has 0 aromatic carbocycles. The summed E-state index contributed by atoms with van der Waals surface area (Å²) in [6, 6.07) is 7.39. The number of esters is 1. The molecule has 10 nitrogen and oxygen atoms in total. The molecule has 1 aliphatic rings. The van der Waals surface area contributed by atoms with Crippen molar-refractivity contribution >= 4 is 39.9 Å². The molecule has 3 atom stereocenters. The number of imidazole rings is 2. The Morgan fingerprint density at radius 1 is 0.902 bits per heavy atom. The van der Waals surface area contributed by atoms with Crippen molar-refractivity contribution in [2.75, 3.05) is 6.61 Å². The molecule has 5 rings (SSSR count). The van der Waals surface area contributed by atoms with E-state index in [-0.39, 0.29) is 45.9 Å². The molecule has 1 fully saturated rings. The van der Waals surface area contributed by atoms with Gasteiger partial charge in [-0.1, -0.05) is 46.2 Å². The number of rotatable bonds is 8. The SMILES string of the molecule is CCOC(=O)[C@@H]1C(CC(C)(C)Cn2c(=O)n(C)c3nc(Cl)ccc32)C1c1ccc2c(n1)n(C)c(=O)n2CC(C)(C)C. The van der Waals surface area contributed by atoms with E-state index in [0.29, 0.717) is 42.6 Å². The molecule has 0 radical (unpaired) electrons. The van der Waals surface area contributed by atoms with Crippen LogP contribution in [0.4, 0.5) is 0 Å². The van der Waals surface area contributed by atoms with Gasteiger partial charge < -0.3 is 4.74 Å². The molecule has 0 aliphatic heterocycles. The lowest BCUT2D eigenvalue weighted by Crippen LogP contribution is -2.30. The van der Waals surface area contributed by atoms with E-state index < -0.39 is 0 Å². The Hall–Kier alpha value is -3.40. The highest BCUT2D eigenvalue weighted by atomic mass is 35.5. The molecule has 41 heavy (non-hydrogen) atoms. The molecule has 0 bridgehead atoms. The number of halogens is 1. The minimum atomic E-state index is -0.338. The van der Waals surface area contributed by atoms with Gasteiger partial charge in [0.15, 0.2) is 11.3 Å². The Morgan fingerprint density at radius 2 is 1.46 bits per heavy atom. The van der Waals surface area contributed by atoms with Crippen LogP contribution in [0.1, 0.15) is 59.6 Å². The third-order valence-corrected chi connectivity index (χ3v) is 8.24. The van der Waals surface area contributed by atoms with E-state index in [1.54, 1.807) is 40.8 Å². The quantitative estimate of drug-likeness (QED) is 0.224. The third-order valence-electron chi connectivity index (χ3n) is 8.02. The zero-order chi connectivity index (χ0) is 30.0. The second kappa shape index (κ2) is 10.2. The second-order valence-corrected chi connectivity index (χ2v) is 13.7. The monoisotopic (exact) mass is 582 g/mol. The van der Waals surface area contributed by atoms with Crippen LogP contribution < -0.4 is 11.4 Å². The second-order valence-electron chi connectivity index (χ2n) is 13.3. The maximum atomic E-state index is 13.1. The van der Waals surface area contributed by atoms with Gasteiger partial charge in [0.1, 0.15) is 5.15 Å². The van der Waals surface area contributed by atoms with E-state index in [4.69, 9.17) is 21.3 Å². The van der Waals surface area contributed by atoms with E-state index in [0.717, 1.165) is 16.7 Å². The number of hydrogen-bond donors (Lipinski definition) is 0.